The number of nitrogens with one attached hydrogen (secondary N) is 2. The summed E-state index contributed by atoms with van der Waals surface area (Å²) in [5.41, 5.74) is 0.495. The van der Waals surface area contributed by atoms with Gasteiger partial charge in [-0.2, -0.15) is 0 Å². The summed E-state index contributed by atoms with van der Waals surface area (Å²) in [7, 11) is 0. The van der Waals surface area contributed by atoms with Gasteiger partial charge < -0.3 is 10.3 Å². The van der Waals surface area contributed by atoms with Crippen LogP contribution in [0.4, 0.5) is 10.1 Å². The zero-order chi connectivity index (χ0) is 16.8. The highest BCUT2D eigenvalue weighted by molar-refractivity contribution is 5.92. The van der Waals surface area contributed by atoms with Crippen LogP contribution in [0.5, 0.6) is 0 Å². The van der Waals surface area contributed by atoms with Gasteiger partial charge in [0.1, 0.15) is 11.6 Å². The van der Waals surface area contributed by atoms with Crippen LogP contribution in [-0.2, 0) is 11.3 Å². The summed E-state index contributed by atoms with van der Waals surface area (Å²) in [6.07, 6.45) is 4.60. The van der Waals surface area contributed by atoms with Crippen molar-refractivity contribution >= 4 is 11.6 Å². The largest absolute Gasteiger partial charge is 0.348 e. The number of H-pyrrole nitrogens is 1. The molecule has 6 nitrogen and oxygen atoms in total. The number of rotatable bonds is 5. The molecule has 1 aromatic heterocycles. The summed E-state index contributed by atoms with van der Waals surface area (Å²) >= 11 is 0. The van der Waals surface area contributed by atoms with Crippen molar-refractivity contribution < 1.29 is 9.18 Å². The summed E-state index contributed by atoms with van der Waals surface area (Å²) < 4.78 is 13.2. The fourth-order valence-corrected chi connectivity index (χ4v) is 2.91. The molecule has 0 aliphatic carbocycles. The van der Waals surface area contributed by atoms with E-state index in [9.17, 15) is 9.18 Å². The Labute approximate surface area is 140 Å². The summed E-state index contributed by atoms with van der Waals surface area (Å²) in [4.78, 5) is 24.0. The molecule has 1 amide bonds. The molecule has 1 aromatic carbocycles. The van der Waals surface area contributed by atoms with Crippen LogP contribution in [0.25, 0.3) is 0 Å². The van der Waals surface area contributed by atoms with E-state index in [1.165, 1.54) is 12.1 Å². The third kappa shape index (κ3) is 4.87. The highest BCUT2D eigenvalue weighted by Crippen LogP contribution is 2.10. The normalized spacial score (nSPS) is 16.7. The Hall–Kier alpha value is -2.25. The van der Waals surface area contributed by atoms with Gasteiger partial charge in [-0.1, -0.05) is 6.07 Å². The Bertz CT molecular complexity index is 661. The first-order valence-electron chi connectivity index (χ1n) is 8.17. The molecule has 128 valence electrons. The predicted molar refractivity (Wildman–Crippen MR) is 90.0 cm³/mol. The lowest BCUT2D eigenvalue weighted by molar-refractivity contribution is -0.117. The van der Waals surface area contributed by atoms with Crippen molar-refractivity contribution in [1.29, 1.82) is 0 Å². The van der Waals surface area contributed by atoms with Crippen molar-refractivity contribution in [1.82, 2.24) is 19.8 Å². The summed E-state index contributed by atoms with van der Waals surface area (Å²) in [5.74, 6) is 0.503. The van der Waals surface area contributed by atoms with Crippen molar-refractivity contribution in [2.24, 2.45) is 0 Å². The van der Waals surface area contributed by atoms with Crippen molar-refractivity contribution in [3.8, 4) is 0 Å². The van der Waals surface area contributed by atoms with E-state index in [2.05, 4.69) is 25.1 Å². The SMILES string of the molecule is O=C(CN1CCCN(Cc2ncc[nH]2)CC1)Nc1cccc(F)c1. The van der Waals surface area contributed by atoms with Crippen LogP contribution in [-0.4, -0.2) is 58.4 Å². The molecule has 0 spiro atoms. The number of hydrogen-bond donors (Lipinski definition) is 2. The molecule has 2 aromatic rings. The van der Waals surface area contributed by atoms with Gasteiger partial charge in [-0.15, -0.1) is 0 Å². The minimum atomic E-state index is -0.351. The number of carbonyl (C=O) groups is 1. The zero-order valence-corrected chi connectivity index (χ0v) is 13.5. The molecule has 2 N–H and O–H groups in total. The maximum absolute atomic E-state index is 13.2. The number of hydrogen-bond acceptors (Lipinski definition) is 4. The number of halogens is 1. The van der Waals surface area contributed by atoms with E-state index in [1.54, 1.807) is 18.3 Å². The van der Waals surface area contributed by atoms with E-state index in [1.807, 2.05) is 6.20 Å². The average Bonchev–Trinajstić information content (AvgIpc) is 2.95. The number of nitrogens with zero attached hydrogens (tertiary/aromatic N) is 3. The Morgan fingerprint density at radius 1 is 1.25 bits per heavy atom. The van der Waals surface area contributed by atoms with Gasteiger partial charge in [-0.3, -0.25) is 14.6 Å². The Balaban J connectivity index is 1.46. The van der Waals surface area contributed by atoms with Crippen molar-refractivity contribution in [2.45, 2.75) is 13.0 Å². The van der Waals surface area contributed by atoms with Gasteiger partial charge in [0.15, 0.2) is 0 Å². The van der Waals surface area contributed by atoms with Crippen molar-refractivity contribution in [2.75, 3.05) is 38.0 Å². The fourth-order valence-electron chi connectivity index (χ4n) is 2.91. The lowest BCUT2D eigenvalue weighted by atomic mass is 10.3. The molecule has 0 radical (unpaired) electrons. The first kappa shape index (κ1) is 16.6. The number of imidazole rings is 1. The maximum atomic E-state index is 13.2. The summed E-state index contributed by atoms with van der Waals surface area (Å²) in [6, 6.07) is 5.96. The smallest absolute Gasteiger partial charge is 0.238 e. The van der Waals surface area contributed by atoms with Crippen LogP contribution in [0.3, 0.4) is 0 Å². The quantitative estimate of drug-likeness (QED) is 0.875. The maximum Gasteiger partial charge on any atom is 0.238 e. The summed E-state index contributed by atoms with van der Waals surface area (Å²) in [6.45, 7) is 4.72. The van der Waals surface area contributed by atoms with E-state index < -0.39 is 0 Å². The van der Waals surface area contributed by atoms with Crippen LogP contribution in [0.1, 0.15) is 12.2 Å². The van der Waals surface area contributed by atoms with E-state index in [0.29, 0.717) is 12.2 Å². The van der Waals surface area contributed by atoms with Crippen molar-refractivity contribution in [3.05, 3.63) is 48.3 Å². The number of benzene rings is 1. The Kier molecular flexibility index (Phi) is 5.55. The highest BCUT2D eigenvalue weighted by Gasteiger charge is 2.17. The molecule has 3 rings (SSSR count). The number of anilines is 1. The molecular weight excluding hydrogens is 309 g/mol. The Morgan fingerprint density at radius 3 is 2.88 bits per heavy atom. The van der Waals surface area contributed by atoms with Gasteiger partial charge in [0.05, 0.1) is 13.1 Å². The molecule has 0 bridgehead atoms. The van der Waals surface area contributed by atoms with Gasteiger partial charge in [0, 0.05) is 31.2 Å². The second-order valence-corrected chi connectivity index (χ2v) is 6.00. The lowest BCUT2D eigenvalue weighted by Gasteiger charge is -2.20. The van der Waals surface area contributed by atoms with E-state index in [0.717, 1.165) is 45.0 Å². The van der Waals surface area contributed by atoms with Gasteiger partial charge in [0.2, 0.25) is 5.91 Å². The topological polar surface area (TPSA) is 64.3 Å². The van der Waals surface area contributed by atoms with Crippen LogP contribution < -0.4 is 5.32 Å². The fraction of sp³-hybridized carbons (Fsp3) is 0.412. The molecule has 1 aliphatic rings. The van der Waals surface area contributed by atoms with E-state index in [-0.39, 0.29) is 11.7 Å². The molecule has 0 atom stereocenters. The summed E-state index contributed by atoms with van der Waals surface area (Å²) in [5, 5.41) is 2.75. The van der Waals surface area contributed by atoms with Crippen molar-refractivity contribution in [3.63, 3.8) is 0 Å². The molecular formula is C17H22FN5O. The van der Waals surface area contributed by atoms with E-state index >= 15 is 0 Å². The van der Waals surface area contributed by atoms with Crippen LogP contribution in [0.2, 0.25) is 0 Å². The van der Waals surface area contributed by atoms with Crippen LogP contribution in [0.15, 0.2) is 36.7 Å². The lowest BCUT2D eigenvalue weighted by Crippen LogP contribution is -2.36. The van der Waals surface area contributed by atoms with Crippen LogP contribution >= 0.6 is 0 Å². The first-order chi connectivity index (χ1) is 11.7. The van der Waals surface area contributed by atoms with Gasteiger partial charge in [-0.05, 0) is 37.7 Å². The number of aromatic amines is 1. The second kappa shape index (κ2) is 8.03. The number of amides is 1. The van der Waals surface area contributed by atoms with Gasteiger partial charge in [0.25, 0.3) is 0 Å². The minimum Gasteiger partial charge on any atom is -0.348 e. The molecule has 24 heavy (non-hydrogen) atoms. The molecule has 1 fully saturated rings. The van der Waals surface area contributed by atoms with Crippen LogP contribution in [0, 0.1) is 5.82 Å². The third-order valence-electron chi connectivity index (χ3n) is 4.08. The minimum absolute atomic E-state index is 0.111. The predicted octanol–water partition coefficient (Wildman–Crippen LogP) is 1.70. The Morgan fingerprint density at radius 2 is 2.08 bits per heavy atom. The third-order valence-corrected chi connectivity index (χ3v) is 4.08. The first-order valence-corrected chi connectivity index (χ1v) is 8.17. The van der Waals surface area contributed by atoms with Gasteiger partial charge >= 0.3 is 0 Å². The molecule has 1 aliphatic heterocycles. The molecule has 7 heteroatoms. The molecule has 2 heterocycles. The second-order valence-electron chi connectivity index (χ2n) is 6.00. The number of aromatic nitrogens is 2. The average molecular weight is 331 g/mol. The monoisotopic (exact) mass is 331 g/mol. The highest BCUT2D eigenvalue weighted by atomic mass is 19.1. The zero-order valence-electron chi connectivity index (χ0n) is 13.5. The molecule has 1 saturated heterocycles. The van der Waals surface area contributed by atoms with Gasteiger partial charge in [-0.25, -0.2) is 9.37 Å². The standard InChI is InChI=1S/C17H22FN5O/c18-14-3-1-4-15(11-14)21-17(24)13-23-8-2-7-22(9-10-23)12-16-19-5-6-20-16/h1,3-6,11H,2,7-10,12-13H2,(H,19,20)(H,21,24). The molecule has 0 unspecified atom stereocenters. The van der Waals surface area contributed by atoms with E-state index in [4.69, 9.17) is 0 Å². The number of carbonyl (C=O) groups excluding carboxylic acids is 1. The molecule has 0 saturated carbocycles.